The Morgan fingerprint density at radius 1 is 0.848 bits per heavy atom. The quantitative estimate of drug-likeness (QED) is 0.520. The number of alkyl carbamates (subject to hydrolysis) is 1. The standard InChI is InChI=1S/C27H30N2O4/c1-27(2,3)33-26(31)28-18-19-10-12-22(13-11-19)25(30)29-24(20-8-6-5-7-9-20)21-14-16-23(32-4)17-15-21/h5-17,24H,18H2,1-4H3,(H,28,31)(H,29,30). The SMILES string of the molecule is COc1ccc(C(NC(=O)c2ccc(CNC(=O)OC(C)(C)C)cc2)c2ccccc2)cc1. The molecule has 0 aliphatic heterocycles. The molecule has 0 bridgehead atoms. The number of methoxy groups -OCH3 is 1. The van der Waals surface area contributed by atoms with Crippen molar-refractivity contribution in [2.45, 2.75) is 39.0 Å². The average Bonchev–Trinajstić information content (AvgIpc) is 2.81. The molecule has 0 saturated carbocycles. The molecule has 0 spiro atoms. The van der Waals surface area contributed by atoms with Crippen molar-refractivity contribution >= 4 is 12.0 Å². The van der Waals surface area contributed by atoms with Crippen molar-refractivity contribution in [3.05, 3.63) is 101 Å². The highest BCUT2D eigenvalue weighted by molar-refractivity contribution is 5.94. The van der Waals surface area contributed by atoms with Gasteiger partial charge in [0.25, 0.3) is 5.91 Å². The third-order valence-corrected chi connectivity index (χ3v) is 4.91. The molecule has 0 aliphatic rings. The minimum atomic E-state index is -0.550. The summed E-state index contributed by atoms with van der Waals surface area (Å²) in [5.74, 6) is 0.568. The molecule has 2 N–H and O–H groups in total. The zero-order valence-corrected chi connectivity index (χ0v) is 19.4. The second-order valence-electron chi connectivity index (χ2n) is 8.64. The van der Waals surface area contributed by atoms with Crippen molar-refractivity contribution in [1.29, 1.82) is 0 Å². The number of carbonyl (C=O) groups excluding carboxylic acids is 2. The van der Waals surface area contributed by atoms with Crippen LogP contribution in [0.4, 0.5) is 4.79 Å². The number of hydrogen-bond acceptors (Lipinski definition) is 4. The highest BCUT2D eigenvalue weighted by Crippen LogP contribution is 2.24. The van der Waals surface area contributed by atoms with Gasteiger partial charge in [-0.05, 0) is 61.7 Å². The second-order valence-corrected chi connectivity index (χ2v) is 8.64. The highest BCUT2D eigenvalue weighted by Gasteiger charge is 2.18. The summed E-state index contributed by atoms with van der Waals surface area (Å²) in [4.78, 5) is 24.9. The molecule has 1 unspecified atom stereocenters. The maximum Gasteiger partial charge on any atom is 0.407 e. The van der Waals surface area contributed by atoms with E-state index in [2.05, 4.69) is 10.6 Å². The van der Waals surface area contributed by atoms with E-state index in [9.17, 15) is 9.59 Å². The van der Waals surface area contributed by atoms with Crippen LogP contribution in [-0.4, -0.2) is 24.7 Å². The topological polar surface area (TPSA) is 76.7 Å². The fourth-order valence-corrected chi connectivity index (χ4v) is 3.28. The van der Waals surface area contributed by atoms with Crippen LogP contribution in [0.25, 0.3) is 0 Å². The lowest BCUT2D eigenvalue weighted by Crippen LogP contribution is -2.32. The summed E-state index contributed by atoms with van der Waals surface area (Å²) in [5, 5.41) is 5.85. The van der Waals surface area contributed by atoms with Gasteiger partial charge in [0.15, 0.2) is 0 Å². The molecule has 2 amide bonds. The first-order chi connectivity index (χ1) is 15.7. The number of amides is 2. The van der Waals surface area contributed by atoms with Gasteiger partial charge in [-0.3, -0.25) is 4.79 Å². The largest absolute Gasteiger partial charge is 0.497 e. The normalized spacial score (nSPS) is 11.9. The molecule has 3 rings (SSSR count). The van der Waals surface area contributed by atoms with Crippen molar-refractivity contribution in [3.63, 3.8) is 0 Å². The van der Waals surface area contributed by atoms with Gasteiger partial charge in [0.2, 0.25) is 0 Å². The predicted molar refractivity (Wildman–Crippen MR) is 128 cm³/mol. The third-order valence-electron chi connectivity index (χ3n) is 4.91. The van der Waals surface area contributed by atoms with Crippen molar-refractivity contribution < 1.29 is 19.1 Å². The van der Waals surface area contributed by atoms with Crippen LogP contribution in [0.3, 0.4) is 0 Å². The van der Waals surface area contributed by atoms with Crippen LogP contribution in [0.5, 0.6) is 5.75 Å². The molecule has 0 heterocycles. The zero-order valence-electron chi connectivity index (χ0n) is 19.4. The van der Waals surface area contributed by atoms with Crippen LogP contribution in [0, 0.1) is 0 Å². The second kappa shape index (κ2) is 10.7. The molecule has 1 atom stereocenters. The van der Waals surface area contributed by atoms with Gasteiger partial charge in [-0.25, -0.2) is 4.79 Å². The Balaban J connectivity index is 1.69. The van der Waals surface area contributed by atoms with Gasteiger partial charge in [-0.15, -0.1) is 0 Å². The highest BCUT2D eigenvalue weighted by atomic mass is 16.6. The summed E-state index contributed by atoms with van der Waals surface area (Å²) in [6.45, 7) is 5.76. The smallest absolute Gasteiger partial charge is 0.407 e. The van der Waals surface area contributed by atoms with Gasteiger partial charge in [0.05, 0.1) is 13.2 Å². The number of benzene rings is 3. The van der Waals surface area contributed by atoms with Gasteiger partial charge in [-0.1, -0.05) is 54.6 Å². The Hall–Kier alpha value is -3.80. The van der Waals surface area contributed by atoms with Crippen molar-refractivity contribution in [2.75, 3.05) is 7.11 Å². The summed E-state index contributed by atoms with van der Waals surface area (Å²) >= 11 is 0. The maximum atomic E-state index is 13.0. The molecule has 0 radical (unpaired) electrons. The predicted octanol–water partition coefficient (Wildman–Crippen LogP) is 5.24. The van der Waals surface area contributed by atoms with Gasteiger partial charge < -0.3 is 20.1 Å². The van der Waals surface area contributed by atoms with E-state index >= 15 is 0 Å². The number of ether oxygens (including phenoxy) is 2. The number of hydrogen-bond donors (Lipinski definition) is 2. The minimum absolute atomic E-state index is 0.189. The molecule has 0 saturated heterocycles. The number of rotatable bonds is 7. The molecule has 6 nitrogen and oxygen atoms in total. The lowest BCUT2D eigenvalue weighted by molar-refractivity contribution is 0.0523. The molecule has 0 aliphatic carbocycles. The van der Waals surface area contributed by atoms with Crippen LogP contribution in [-0.2, 0) is 11.3 Å². The maximum absolute atomic E-state index is 13.0. The number of nitrogens with one attached hydrogen (secondary N) is 2. The molecule has 3 aromatic carbocycles. The average molecular weight is 447 g/mol. The van der Waals surface area contributed by atoms with Crippen molar-refractivity contribution in [2.24, 2.45) is 0 Å². The van der Waals surface area contributed by atoms with Gasteiger partial charge in [0, 0.05) is 12.1 Å². The monoisotopic (exact) mass is 446 g/mol. The van der Waals surface area contributed by atoms with E-state index in [0.29, 0.717) is 12.1 Å². The molecule has 3 aromatic rings. The lowest BCUT2D eigenvalue weighted by Gasteiger charge is -2.20. The first-order valence-corrected chi connectivity index (χ1v) is 10.8. The van der Waals surface area contributed by atoms with Gasteiger partial charge in [0.1, 0.15) is 11.4 Å². The summed E-state index contributed by atoms with van der Waals surface area (Å²) in [6, 6.07) is 24.3. The molecule has 6 heteroatoms. The van der Waals surface area contributed by atoms with E-state index in [1.165, 1.54) is 0 Å². The molecular weight excluding hydrogens is 416 g/mol. The fourth-order valence-electron chi connectivity index (χ4n) is 3.28. The van der Waals surface area contributed by atoms with Crippen LogP contribution in [0.1, 0.15) is 53.9 Å². The Labute approximate surface area is 194 Å². The Morgan fingerprint density at radius 3 is 2.03 bits per heavy atom. The van der Waals surface area contributed by atoms with Crippen molar-refractivity contribution in [1.82, 2.24) is 10.6 Å². The molecule has 0 aromatic heterocycles. The Kier molecular flexibility index (Phi) is 7.72. The third kappa shape index (κ3) is 7.10. The van der Waals surface area contributed by atoms with E-state index in [1.54, 1.807) is 19.2 Å². The van der Waals surface area contributed by atoms with E-state index in [4.69, 9.17) is 9.47 Å². The summed E-state index contributed by atoms with van der Waals surface area (Å²) in [7, 11) is 1.62. The molecule has 33 heavy (non-hydrogen) atoms. The first kappa shape index (κ1) is 23.9. The lowest BCUT2D eigenvalue weighted by atomic mass is 9.98. The fraction of sp³-hybridized carbons (Fsp3) is 0.259. The molecular formula is C27H30N2O4. The molecule has 0 fully saturated rings. The summed E-state index contributed by atoms with van der Waals surface area (Å²) in [5.41, 5.74) is 2.78. The van der Waals surface area contributed by atoms with E-state index in [1.807, 2.05) is 87.5 Å². The first-order valence-electron chi connectivity index (χ1n) is 10.8. The van der Waals surface area contributed by atoms with E-state index < -0.39 is 11.7 Å². The van der Waals surface area contributed by atoms with E-state index in [0.717, 1.165) is 22.4 Å². The summed E-state index contributed by atoms with van der Waals surface area (Å²) in [6.07, 6.45) is -0.477. The number of carbonyl (C=O) groups is 2. The van der Waals surface area contributed by atoms with Gasteiger partial charge in [-0.2, -0.15) is 0 Å². The van der Waals surface area contributed by atoms with Crippen LogP contribution in [0.15, 0.2) is 78.9 Å². The van der Waals surface area contributed by atoms with Crippen LogP contribution in [0.2, 0.25) is 0 Å². The van der Waals surface area contributed by atoms with Crippen LogP contribution >= 0.6 is 0 Å². The van der Waals surface area contributed by atoms with E-state index in [-0.39, 0.29) is 11.9 Å². The van der Waals surface area contributed by atoms with Crippen molar-refractivity contribution in [3.8, 4) is 5.75 Å². The van der Waals surface area contributed by atoms with Gasteiger partial charge >= 0.3 is 6.09 Å². The Morgan fingerprint density at radius 2 is 1.45 bits per heavy atom. The summed E-state index contributed by atoms with van der Waals surface area (Å²) < 4.78 is 10.5. The zero-order chi connectivity index (χ0) is 23.8. The minimum Gasteiger partial charge on any atom is -0.497 e. The molecule has 172 valence electrons. The van der Waals surface area contributed by atoms with Crippen LogP contribution < -0.4 is 15.4 Å². The Bertz CT molecular complexity index is 1060.